The Morgan fingerprint density at radius 3 is 2.76 bits per heavy atom. The Kier molecular flexibility index (Phi) is 4.09. The van der Waals surface area contributed by atoms with Crippen LogP contribution in [-0.2, 0) is 6.42 Å². The molecule has 2 heteroatoms. The van der Waals surface area contributed by atoms with Gasteiger partial charge in [-0.1, -0.05) is 26.8 Å². The van der Waals surface area contributed by atoms with Gasteiger partial charge in [0.1, 0.15) is 0 Å². The molecule has 116 valence electrons. The molecule has 0 amide bonds. The zero-order valence-corrected chi connectivity index (χ0v) is 13.8. The van der Waals surface area contributed by atoms with Gasteiger partial charge in [0.2, 0.25) is 0 Å². The normalized spacial score (nSPS) is 33.0. The molecule has 2 aliphatic rings. The summed E-state index contributed by atoms with van der Waals surface area (Å²) in [5.74, 6) is 2.92. The molecule has 1 aromatic rings. The number of fused-ring (bicyclic) bond motifs is 1. The van der Waals surface area contributed by atoms with Crippen molar-refractivity contribution in [1.82, 2.24) is 4.98 Å². The van der Waals surface area contributed by atoms with Crippen LogP contribution in [0.5, 0.6) is 0 Å². The predicted octanol–water partition coefficient (Wildman–Crippen LogP) is 4.15. The number of nitrogens with zero attached hydrogens (tertiary/aromatic N) is 1. The molecule has 2 N–H and O–H groups in total. The number of aromatic nitrogens is 1. The Hall–Kier alpha value is -0.890. The van der Waals surface area contributed by atoms with E-state index in [4.69, 9.17) is 10.7 Å². The molecular formula is C19H30N2. The van der Waals surface area contributed by atoms with Crippen LogP contribution in [0.4, 0.5) is 0 Å². The first-order valence-corrected chi connectivity index (χ1v) is 8.64. The molecule has 0 aromatic carbocycles. The van der Waals surface area contributed by atoms with E-state index in [2.05, 4.69) is 32.9 Å². The molecule has 0 bridgehead atoms. The third kappa shape index (κ3) is 2.88. The van der Waals surface area contributed by atoms with E-state index in [1.54, 1.807) is 0 Å². The first-order valence-electron chi connectivity index (χ1n) is 8.64. The summed E-state index contributed by atoms with van der Waals surface area (Å²) in [4.78, 5) is 4.73. The van der Waals surface area contributed by atoms with Gasteiger partial charge in [0.05, 0.1) is 0 Å². The molecule has 0 saturated heterocycles. The minimum absolute atomic E-state index is 0.420. The fourth-order valence-corrected chi connectivity index (χ4v) is 4.70. The Balaban J connectivity index is 1.84. The highest BCUT2D eigenvalue weighted by molar-refractivity contribution is 5.29. The number of hydrogen-bond acceptors (Lipinski definition) is 2. The van der Waals surface area contributed by atoms with Crippen molar-refractivity contribution in [2.75, 3.05) is 6.54 Å². The second-order valence-electron chi connectivity index (χ2n) is 8.23. The molecule has 3 rings (SSSR count). The van der Waals surface area contributed by atoms with Crippen LogP contribution in [0.25, 0.3) is 0 Å². The first-order chi connectivity index (χ1) is 10.0. The van der Waals surface area contributed by atoms with E-state index in [0.717, 1.165) is 18.4 Å². The number of aryl methyl sites for hydroxylation is 1. The topological polar surface area (TPSA) is 38.9 Å². The number of nitrogens with two attached hydrogens (primary N) is 1. The molecule has 4 atom stereocenters. The van der Waals surface area contributed by atoms with Gasteiger partial charge >= 0.3 is 0 Å². The van der Waals surface area contributed by atoms with Crippen molar-refractivity contribution in [3.8, 4) is 0 Å². The molecule has 0 radical (unpaired) electrons. The Labute approximate surface area is 129 Å². The lowest BCUT2D eigenvalue weighted by molar-refractivity contribution is 0.0853. The summed E-state index contributed by atoms with van der Waals surface area (Å²) < 4.78 is 0. The van der Waals surface area contributed by atoms with Gasteiger partial charge in [-0.05, 0) is 73.4 Å². The quantitative estimate of drug-likeness (QED) is 0.887. The lowest BCUT2D eigenvalue weighted by Gasteiger charge is -2.44. The van der Waals surface area contributed by atoms with E-state index in [1.807, 2.05) is 6.20 Å². The fourth-order valence-electron chi connectivity index (χ4n) is 4.70. The molecule has 1 aromatic heterocycles. The Morgan fingerprint density at radius 2 is 2.05 bits per heavy atom. The fraction of sp³-hybridized carbons (Fsp3) is 0.737. The van der Waals surface area contributed by atoms with Crippen molar-refractivity contribution in [1.29, 1.82) is 0 Å². The third-order valence-electron chi connectivity index (χ3n) is 6.09. The highest BCUT2D eigenvalue weighted by Gasteiger charge is 2.41. The van der Waals surface area contributed by atoms with E-state index in [-0.39, 0.29) is 0 Å². The zero-order chi connectivity index (χ0) is 15.0. The van der Waals surface area contributed by atoms with E-state index >= 15 is 0 Å². The largest absolute Gasteiger partial charge is 0.330 e. The average Bonchev–Trinajstić information content (AvgIpc) is 2.89. The molecule has 1 heterocycles. The van der Waals surface area contributed by atoms with Crippen molar-refractivity contribution in [2.24, 2.45) is 28.9 Å². The van der Waals surface area contributed by atoms with Crippen LogP contribution in [0.3, 0.4) is 0 Å². The number of hydrogen-bond donors (Lipinski definition) is 1. The summed E-state index contributed by atoms with van der Waals surface area (Å²) >= 11 is 0. The van der Waals surface area contributed by atoms with E-state index in [1.165, 1.54) is 43.4 Å². The summed E-state index contributed by atoms with van der Waals surface area (Å²) in [7, 11) is 0. The standard InChI is InChI=1S/C19H30N2/c1-19(2,3)15-8-6-14(12-20)17(11-15)16-9-7-13-5-4-10-21-18(13)16/h4-5,10,14-17H,6-9,11-12,20H2,1-3H3. The Bertz CT molecular complexity index is 489. The van der Waals surface area contributed by atoms with Crippen LogP contribution in [0.2, 0.25) is 0 Å². The van der Waals surface area contributed by atoms with E-state index in [0.29, 0.717) is 17.3 Å². The van der Waals surface area contributed by atoms with Gasteiger partial charge in [-0.15, -0.1) is 0 Å². The maximum Gasteiger partial charge on any atom is 0.0469 e. The zero-order valence-electron chi connectivity index (χ0n) is 13.8. The second kappa shape index (κ2) is 5.72. The highest BCUT2D eigenvalue weighted by atomic mass is 14.7. The van der Waals surface area contributed by atoms with Gasteiger partial charge in [-0.2, -0.15) is 0 Å². The maximum atomic E-state index is 6.12. The smallest absolute Gasteiger partial charge is 0.0469 e. The van der Waals surface area contributed by atoms with E-state index in [9.17, 15) is 0 Å². The second-order valence-corrected chi connectivity index (χ2v) is 8.23. The van der Waals surface area contributed by atoms with Crippen molar-refractivity contribution in [3.05, 3.63) is 29.6 Å². The van der Waals surface area contributed by atoms with Gasteiger partial charge in [-0.25, -0.2) is 0 Å². The molecule has 4 unspecified atom stereocenters. The average molecular weight is 286 g/mol. The molecule has 1 fully saturated rings. The third-order valence-corrected chi connectivity index (χ3v) is 6.09. The molecule has 2 nitrogen and oxygen atoms in total. The van der Waals surface area contributed by atoms with Gasteiger partial charge in [0, 0.05) is 17.8 Å². The minimum Gasteiger partial charge on any atom is -0.330 e. The van der Waals surface area contributed by atoms with Crippen molar-refractivity contribution in [3.63, 3.8) is 0 Å². The summed E-state index contributed by atoms with van der Waals surface area (Å²) in [5, 5.41) is 0. The minimum atomic E-state index is 0.420. The summed E-state index contributed by atoms with van der Waals surface area (Å²) in [5.41, 5.74) is 9.40. The first kappa shape index (κ1) is 15.0. The van der Waals surface area contributed by atoms with Crippen LogP contribution in [0.15, 0.2) is 18.3 Å². The van der Waals surface area contributed by atoms with Crippen LogP contribution in [0, 0.1) is 23.2 Å². The van der Waals surface area contributed by atoms with Crippen LogP contribution < -0.4 is 5.73 Å². The monoisotopic (exact) mass is 286 g/mol. The summed E-state index contributed by atoms with van der Waals surface area (Å²) in [6, 6.07) is 4.35. The van der Waals surface area contributed by atoms with Gasteiger partial charge in [-0.3, -0.25) is 4.98 Å². The predicted molar refractivity (Wildman–Crippen MR) is 88.1 cm³/mol. The molecular weight excluding hydrogens is 256 g/mol. The van der Waals surface area contributed by atoms with Gasteiger partial charge in [0.25, 0.3) is 0 Å². The highest BCUT2D eigenvalue weighted by Crippen LogP contribution is 2.50. The van der Waals surface area contributed by atoms with Crippen LogP contribution in [0.1, 0.15) is 63.6 Å². The molecule has 0 aliphatic heterocycles. The summed E-state index contributed by atoms with van der Waals surface area (Å²) in [6.07, 6.45) is 8.46. The number of rotatable bonds is 2. The van der Waals surface area contributed by atoms with Gasteiger partial charge < -0.3 is 5.73 Å². The van der Waals surface area contributed by atoms with Crippen LogP contribution >= 0.6 is 0 Å². The number of pyridine rings is 1. The summed E-state index contributed by atoms with van der Waals surface area (Å²) in [6.45, 7) is 8.05. The SMILES string of the molecule is CC(C)(C)C1CCC(CN)C(C2CCc3cccnc32)C1. The maximum absolute atomic E-state index is 6.12. The lowest BCUT2D eigenvalue weighted by Crippen LogP contribution is -2.37. The van der Waals surface area contributed by atoms with Crippen molar-refractivity contribution < 1.29 is 0 Å². The Morgan fingerprint density at radius 1 is 1.24 bits per heavy atom. The van der Waals surface area contributed by atoms with E-state index < -0.39 is 0 Å². The lowest BCUT2D eigenvalue weighted by atomic mass is 9.62. The van der Waals surface area contributed by atoms with Crippen molar-refractivity contribution in [2.45, 2.75) is 58.8 Å². The molecule has 2 aliphatic carbocycles. The van der Waals surface area contributed by atoms with Crippen LogP contribution in [-0.4, -0.2) is 11.5 Å². The molecule has 21 heavy (non-hydrogen) atoms. The molecule has 1 saturated carbocycles. The van der Waals surface area contributed by atoms with Crippen molar-refractivity contribution >= 4 is 0 Å². The molecule has 0 spiro atoms. The van der Waals surface area contributed by atoms with Gasteiger partial charge in [0.15, 0.2) is 0 Å².